The van der Waals surface area contributed by atoms with Gasteiger partial charge < -0.3 is 9.84 Å². The van der Waals surface area contributed by atoms with Crippen LogP contribution in [0.1, 0.15) is 12.8 Å². The van der Waals surface area contributed by atoms with Gasteiger partial charge in [0.25, 0.3) is 0 Å². The molecule has 1 fully saturated rings. The molecule has 0 radical (unpaired) electrons. The summed E-state index contributed by atoms with van der Waals surface area (Å²) in [4.78, 5) is 10.3. The van der Waals surface area contributed by atoms with Crippen molar-refractivity contribution in [3.8, 4) is 0 Å². The van der Waals surface area contributed by atoms with Crippen molar-refractivity contribution in [3.63, 3.8) is 0 Å². The predicted octanol–water partition coefficient (Wildman–Crippen LogP) is -1.14. The summed E-state index contributed by atoms with van der Waals surface area (Å²) in [7, 11) is -3.75. The zero-order chi connectivity index (χ0) is 9.35. The molecule has 0 aromatic carbocycles. The van der Waals surface area contributed by atoms with E-state index < -0.39 is 27.5 Å². The van der Waals surface area contributed by atoms with Gasteiger partial charge in [0.05, 0.1) is 0 Å². The fourth-order valence-corrected chi connectivity index (χ4v) is 1.78. The Bertz CT molecular complexity index is 284. The van der Waals surface area contributed by atoms with Crippen LogP contribution in [0.15, 0.2) is 0 Å². The van der Waals surface area contributed by atoms with Crippen molar-refractivity contribution in [2.45, 2.75) is 24.4 Å². The van der Waals surface area contributed by atoms with E-state index in [1.54, 1.807) is 0 Å². The highest BCUT2D eigenvalue weighted by molar-refractivity contribution is 7.89. The molecule has 1 rings (SSSR count). The Morgan fingerprint density at radius 3 is 2.33 bits per heavy atom. The average Bonchev–Trinajstić information content (AvgIpc) is 2.30. The second kappa shape index (κ2) is 3.00. The van der Waals surface area contributed by atoms with Crippen molar-refractivity contribution in [2.75, 3.05) is 0 Å². The van der Waals surface area contributed by atoms with Crippen molar-refractivity contribution in [2.24, 2.45) is 5.14 Å². The van der Waals surface area contributed by atoms with E-state index >= 15 is 0 Å². The Morgan fingerprint density at radius 1 is 1.50 bits per heavy atom. The third kappa shape index (κ3) is 1.93. The van der Waals surface area contributed by atoms with Crippen LogP contribution >= 0.6 is 0 Å². The van der Waals surface area contributed by atoms with Crippen molar-refractivity contribution < 1.29 is 23.1 Å². The summed E-state index contributed by atoms with van der Waals surface area (Å²) in [5.74, 6) is -1.15. The van der Waals surface area contributed by atoms with Crippen LogP contribution in [0.2, 0.25) is 0 Å². The van der Waals surface area contributed by atoms with Crippen LogP contribution in [0.25, 0.3) is 0 Å². The summed E-state index contributed by atoms with van der Waals surface area (Å²) in [6.45, 7) is 0. The molecule has 0 spiro atoms. The van der Waals surface area contributed by atoms with Crippen LogP contribution in [-0.4, -0.2) is 31.0 Å². The van der Waals surface area contributed by atoms with E-state index in [2.05, 4.69) is 4.74 Å². The molecule has 6 nitrogen and oxygen atoms in total. The minimum Gasteiger partial charge on any atom is -0.479 e. The molecule has 0 saturated carbocycles. The number of hydrogen-bond acceptors (Lipinski definition) is 4. The van der Waals surface area contributed by atoms with Crippen LogP contribution in [0.5, 0.6) is 0 Å². The molecule has 7 heteroatoms. The monoisotopic (exact) mass is 195 g/mol. The first-order valence-electron chi connectivity index (χ1n) is 3.31. The van der Waals surface area contributed by atoms with Gasteiger partial charge in [-0.25, -0.2) is 18.4 Å². The van der Waals surface area contributed by atoms with Gasteiger partial charge >= 0.3 is 5.97 Å². The summed E-state index contributed by atoms with van der Waals surface area (Å²) in [5, 5.41) is 13.2. The highest BCUT2D eigenvalue weighted by Crippen LogP contribution is 2.22. The van der Waals surface area contributed by atoms with E-state index in [4.69, 9.17) is 10.2 Å². The summed E-state index contributed by atoms with van der Waals surface area (Å²) in [6, 6.07) is 0. The van der Waals surface area contributed by atoms with E-state index in [9.17, 15) is 13.2 Å². The first kappa shape index (κ1) is 9.43. The molecule has 0 bridgehead atoms. The number of ether oxygens (including phenoxy) is 1. The molecule has 0 amide bonds. The second-order valence-electron chi connectivity index (χ2n) is 2.56. The maximum Gasteiger partial charge on any atom is 0.332 e. The largest absolute Gasteiger partial charge is 0.479 e. The minimum atomic E-state index is -3.75. The number of primary sulfonamides is 1. The lowest BCUT2D eigenvalue weighted by molar-refractivity contribution is -0.147. The standard InChI is InChI=1S/C5H9NO5S/c6-12(9,10)4-2-1-3(11-4)5(7)8/h3-4H,1-2H2,(H,7,8)(H2,6,9,10). The summed E-state index contributed by atoms with van der Waals surface area (Å²) in [6.07, 6.45) is -0.694. The lowest BCUT2D eigenvalue weighted by Crippen LogP contribution is -2.30. The maximum absolute atomic E-state index is 10.7. The highest BCUT2D eigenvalue weighted by Gasteiger charge is 2.36. The third-order valence-corrected chi connectivity index (χ3v) is 2.70. The molecule has 12 heavy (non-hydrogen) atoms. The van der Waals surface area contributed by atoms with Crippen LogP contribution in [0.3, 0.4) is 0 Å². The number of nitrogens with two attached hydrogens (primary N) is 1. The Hall–Kier alpha value is -0.660. The van der Waals surface area contributed by atoms with Crippen molar-refractivity contribution in [1.29, 1.82) is 0 Å². The third-order valence-electron chi connectivity index (χ3n) is 1.62. The molecule has 2 unspecified atom stereocenters. The van der Waals surface area contributed by atoms with E-state index in [-0.39, 0.29) is 12.8 Å². The van der Waals surface area contributed by atoms with Crippen LogP contribution in [0, 0.1) is 0 Å². The van der Waals surface area contributed by atoms with Gasteiger partial charge in [0.2, 0.25) is 10.0 Å². The fourth-order valence-electron chi connectivity index (χ4n) is 1.03. The zero-order valence-corrected chi connectivity index (χ0v) is 6.95. The number of sulfonamides is 1. The summed E-state index contributed by atoms with van der Waals surface area (Å²) in [5.41, 5.74) is -1.15. The first-order valence-corrected chi connectivity index (χ1v) is 4.92. The van der Waals surface area contributed by atoms with Gasteiger partial charge in [0, 0.05) is 0 Å². The van der Waals surface area contributed by atoms with E-state index in [0.717, 1.165) is 0 Å². The van der Waals surface area contributed by atoms with Gasteiger partial charge in [-0.2, -0.15) is 0 Å². The van der Waals surface area contributed by atoms with E-state index in [1.165, 1.54) is 0 Å². The number of carbonyl (C=O) groups is 1. The van der Waals surface area contributed by atoms with Crippen molar-refractivity contribution >= 4 is 16.0 Å². The minimum absolute atomic E-state index is 0.149. The normalized spacial score (nSPS) is 30.4. The van der Waals surface area contributed by atoms with Gasteiger partial charge in [-0.1, -0.05) is 0 Å². The molecular weight excluding hydrogens is 186 g/mol. The lowest BCUT2D eigenvalue weighted by atomic mass is 10.2. The average molecular weight is 195 g/mol. The zero-order valence-electron chi connectivity index (χ0n) is 6.13. The lowest BCUT2D eigenvalue weighted by Gasteiger charge is -2.07. The summed E-state index contributed by atoms with van der Waals surface area (Å²) >= 11 is 0. The highest BCUT2D eigenvalue weighted by atomic mass is 32.2. The first-order chi connectivity index (χ1) is 5.41. The summed E-state index contributed by atoms with van der Waals surface area (Å²) < 4.78 is 26.0. The molecule has 1 aliphatic heterocycles. The number of carboxylic acid groups (broad SMARTS) is 1. The van der Waals surface area contributed by atoms with E-state index in [0.29, 0.717) is 0 Å². The molecule has 1 aliphatic rings. The molecule has 3 N–H and O–H groups in total. The molecule has 0 aliphatic carbocycles. The molecule has 0 aromatic heterocycles. The molecule has 70 valence electrons. The molecule has 1 heterocycles. The van der Waals surface area contributed by atoms with E-state index in [1.807, 2.05) is 0 Å². The number of carboxylic acids is 1. The predicted molar refractivity (Wildman–Crippen MR) is 38.6 cm³/mol. The van der Waals surface area contributed by atoms with Gasteiger partial charge in [-0.05, 0) is 12.8 Å². The number of hydrogen-bond donors (Lipinski definition) is 2. The van der Waals surface area contributed by atoms with Crippen LogP contribution in [0.4, 0.5) is 0 Å². The van der Waals surface area contributed by atoms with Gasteiger partial charge in [-0.3, -0.25) is 0 Å². The smallest absolute Gasteiger partial charge is 0.332 e. The Morgan fingerprint density at radius 2 is 2.08 bits per heavy atom. The Balaban J connectivity index is 2.64. The van der Waals surface area contributed by atoms with Crippen LogP contribution < -0.4 is 5.14 Å². The molecule has 1 saturated heterocycles. The molecule has 0 aromatic rings. The van der Waals surface area contributed by atoms with Gasteiger partial charge in [-0.15, -0.1) is 0 Å². The van der Waals surface area contributed by atoms with Crippen LogP contribution in [-0.2, 0) is 19.6 Å². The van der Waals surface area contributed by atoms with Gasteiger partial charge in [0.15, 0.2) is 11.5 Å². The Kier molecular flexibility index (Phi) is 2.36. The van der Waals surface area contributed by atoms with Crippen molar-refractivity contribution in [3.05, 3.63) is 0 Å². The van der Waals surface area contributed by atoms with Gasteiger partial charge in [0.1, 0.15) is 0 Å². The maximum atomic E-state index is 10.7. The SMILES string of the molecule is NS(=O)(=O)C1CCC(C(=O)O)O1. The molecule has 2 atom stereocenters. The fraction of sp³-hybridized carbons (Fsp3) is 0.800. The quantitative estimate of drug-likeness (QED) is 0.579. The molecular formula is C5H9NO5S. The van der Waals surface area contributed by atoms with Crippen molar-refractivity contribution in [1.82, 2.24) is 0 Å². The topological polar surface area (TPSA) is 107 Å². The number of aliphatic carboxylic acids is 1. The second-order valence-corrected chi connectivity index (χ2v) is 4.26. The number of rotatable bonds is 2. The Labute approximate surface area is 69.4 Å².